The van der Waals surface area contributed by atoms with Crippen molar-refractivity contribution in [1.82, 2.24) is 10.1 Å². The zero-order valence-corrected chi connectivity index (χ0v) is 21.6. The summed E-state index contributed by atoms with van der Waals surface area (Å²) >= 11 is 3.44. The fraction of sp³-hybridized carbons (Fsp3) is 0.320. The van der Waals surface area contributed by atoms with E-state index in [1.54, 1.807) is 11.3 Å². The molecular weight excluding hydrogens is 536 g/mol. The van der Waals surface area contributed by atoms with Crippen molar-refractivity contribution >= 4 is 44.9 Å². The van der Waals surface area contributed by atoms with Gasteiger partial charge < -0.3 is 34.8 Å². The molecule has 38 heavy (non-hydrogen) atoms. The van der Waals surface area contributed by atoms with Crippen LogP contribution in [0.1, 0.15) is 10.4 Å². The van der Waals surface area contributed by atoms with E-state index in [9.17, 15) is 14.7 Å². The fourth-order valence-corrected chi connectivity index (χ4v) is 5.58. The van der Waals surface area contributed by atoms with Crippen LogP contribution in [0.4, 0.5) is 0 Å². The normalized spacial score (nSPS) is 15.7. The summed E-state index contributed by atoms with van der Waals surface area (Å²) in [7, 11) is 0. The molecule has 3 aromatic heterocycles. The van der Waals surface area contributed by atoms with Crippen molar-refractivity contribution in [3.05, 3.63) is 57.6 Å². The third-order valence-electron chi connectivity index (χ3n) is 5.79. The van der Waals surface area contributed by atoms with Crippen LogP contribution in [0.15, 0.2) is 51.7 Å². The van der Waals surface area contributed by atoms with Gasteiger partial charge in [-0.25, -0.2) is 9.59 Å². The van der Waals surface area contributed by atoms with E-state index in [2.05, 4.69) is 21.5 Å². The van der Waals surface area contributed by atoms with Crippen LogP contribution in [0.25, 0.3) is 21.5 Å². The van der Waals surface area contributed by atoms with Crippen molar-refractivity contribution in [2.45, 2.75) is 31.3 Å². The maximum absolute atomic E-state index is 10.4. The lowest BCUT2D eigenvalue weighted by Crippen LogP contribution is -2.39. The fourth-order valence-electron chi connectivity index (χ4n) is 3.87. The average molecular weight is 563 g/mol. The zero-order chi connectivity index (χ0) is 27.2. The lowest BCUT2D eigenvalue weighted by molar-refractivity contribution is -0.165. The highest BCUT2D eigenvalue weighted by atomic mass is 32.1. The number of carboxylic acid groups (broad SMARTS) is 2. The number of ether oxygens (including phenoxy) is 1. The molecular formula is C25H26N2O9S2. The largest absolute Gasteiger partial charge is 0.491 e. The molecule has 4 aromatic rings. The molecule has 0 saturated carbocycles. The van der Waals surface area contributed by atoms with Gasteiger partial charge >= 0.3 is 11.9 Å². The Kier molecular flexibility index (Phi) is 9.09. The molecule has 0 aliphatic carbocycles. The van der Waals surface area contributed by atoms with Crippen molar-refractivity contribution in [1.29, 1.82) is 0 Å². The number of rotatable bonds is 9. The van der Waals surface area contributed by atoms with Gasteiger partial charge in [-0.3, -0.25) is 4.90 Å². The number of hydrogen-bond donors (Lipinski definition) is 5. The van der Waals surface area contributed by atoms with Crippen LogP contribution >= 0.6 is 22.7 Å². The molecule has 5 rings (SSSR count). The summed E-state index contributed by atoms with van der Waals surface area (Å²) in [6.45, 7) is 2.79. The number of nitrogens with zero attached hydrogens (tertiary/aromatic N) is 2. The summed E-state index contributed by atoms with van der Waals surface area (Å²) in [5.41, 5.74) is 3.98. The molecule has 1 aliphatic heterocycles. The van der Waals surface area contributed by atoms with Crippen molar-refractivity contribution < 1.29 is 44.4 Å². The molecule has 0 unspecified atom stereocenters. The summed E-state index contributed by atoms with van der Waals surface area (Å²) in [5.74, 6) is -2.81. The van der Waals surface area contributed by atoms with Gasteiger partial charge in [0.2, 0.25) is 0 Å². The number of aliphatic hydroxyl groups is 3. The van der Waals surface area contributed by atoms with E-state index in [4.69, 9.17) is 29.7 Å². The van der Waals surface area contributed by atoms with Crippen molar-refractivity contribution in [2.75, 3.05) is 19.7 Å². The number of β-amino-alcohol motifs (C(OH)–C–C–N with tert-alkyl or cyclic N) is 1. The third kappa shape index (κ3) is 6.75. The van der Waals surface area contributed by atoms with Crippen molar-refractivity contribution in [3.8, 4) is 17.0 Å². The summed E-state index contributed by atoms with van der Waals surface area (Å²) in [6, 6.07) is 11.9. The second-order valence-electron chi connectivity index (χ2n) is 8.56. The van der Waals surface area contributed by atoms with Gasteiger partial charge in [0.25, 0.3) is 0 Å². The Morgan fingerprint density at radius 2 is 1.79 bits per heavy atom. The predicted octanol–water partition coefficient (Wildman–Crippen LogP) is 2.29. The standard InChI is InChI=1S/C21H20N2O3S2.C4H6O6/c24-16(12-23-7-4-19-15(11-23)5-8-27-19)13-25-17-3-1-2-14(10-17)20-21-18(26-22-20)6-9-28-21;5-1(3(7)8)2(6)4(9)10/h1-3,5-6,8-10,16,24H,4,7,11-13H2;1-2,5-6H,(H,7,8)(H,9,10)/t16-;1-,2-/m11/s1. The van der Waals surface area contributed by atoms with Gasteiger partial charge in [-0.1, -0.05) is 17.3 Å². The molecule has 0 radical (unpaired) electrons. The predicted molar refractivity (Wildman–Crippen MR) is 139 cm³/mol. The van der Waals surface area contributed by atoms with E-state index >= 15 is 0 Å². The second-order valence-corrected chi connectivity index (χ2v) is 10.5. The van der Waals surface area contributed by atoms with Gasteiger partial charge in [0.05, 0.1) is 0 Å². The van der Waals surface area contributed by atoms with Crippen molar-refractivity contribution in [3.63, 3.8) is 0 Å². The molecule has 0 fully saturated rings. The van der Waals surface area contributed by atoms with Crippen LogP contribution in [0.2, 0.25) is 0 Å². The molecule has 4 heterocycles. The first-order valence-corrected chi connectivity index (χ1v) is 13.3. The van der Waals surface area contributed by atoms with E-state index in [0.717, 1.165) is 46.8 Å². The van der Waals surface area contributed by atoms with Gasteiger partial charge in [0.1, 0.15) is 28.9 Å². The van der Waals surface area contributed by atoms with Gasteiger partial charge in [0, 0.05) is 30.1 Å². The van der Waals surface area contributed by atoms with Crippen LogP contribution in [0, 0.1) is 0 Å². The molecule has 0 amide bonds. The Hall–Kier alpha value is -3.33. The van der Waals surface area contributed by atoms with Crippen LogP contribution in [0.5, 0.6) is 5.75 Å². The Labute approximate surface area is 224 Å². The summed E-state index contributed by atoms with van der Waals surface area (Å²) in [6.07, 6.45) is -3.99. The smallest absolute Gasteiger partial charge is 0.335 e. The van der Waals surface area contributed by atoms with Gasteiger partial charge in [-0.15, -0.1) is 22.7 Å². The highest BCUT2D eigenvalue weighted by molar-refractivity contribution is 7.17. The number of hydrogen-bond acceptors (Lipinski definition) is 11. The van der Waals surface area contributed by atoms with E-state index in [0.29, 0.717) is 6.54 Å². The average Bonchev–Trinajstić information content (AvgIpc) is 3.64. The van der Waals surface area contributed by atoms with E-state index in [1.807, 2.05) is 47.0 Å². The summed E-state index contributed by atoms with van der Waals surface area (Å²) < 4.78 is 12.3. The number of carbonyl (C=O) groups is 2. The molecule has 0 bridgehead atoms. The molecule has 0 spiro atoms. The zero-order valence-electron chi connectivity index (χ0n) is 20.0. The Morgan fingerprint density at radius 3 is 2.53 bits per heavy atom. The third-order valence-corrected chi connectivity index (χ3v) is 7.72. The minimum Gasteiger partial charge on any atom is -0.491 e. The lowest BCUT2D eigenvalue weighted by Gasteiger charge is -2.28. The number of thiophene rings is 2. The number of fused-ring (bicyclic) bond motifs is 2. The topological polar surface area (TPSA) is 174 Å². The number of carboxylic acids is 2. The summed E-state index contributed by atoms with van der Waals surface area (Å²) in [4.78, 5) is 23.3. The van der Waals surface area contributed by atoms with E-state index < -0.39 is 30.3 Å². The first-order chi connectivity index (χ1) is 18.2. The first-order valence-electron chi connectivity index (χ1n) is 11.6. The first kappa shape index (κ1) is 27.7. The monoisotopic (exact) mass is 562 g/mol. The maximum Gasteiger partial charge on any atom is 0.335 e. The van der Waals surface area contributed by atoms with Gasteiger partial charge in [-0.05, 0) is 47.0 Å². The van der Waals surface area contributed by atoms with Crippen LogP contribution in [-0.2, 0) is 22.6 Å². The van der Waals surface area contributed by atoms with E-state index in [-0.39, 0.29) is 6.61 Å². The minimum atomic E-state index is -2.27. The molecule has 1 aliphatic rings. The second kappa shape index (κ2) is 12.5. The number of aliphatic carboxylic acids is 2. The number of benzene rings is 1. The maximum atomic E-state index is 10.4. The van der Waals surface area contributed by atoms with Gasteiger partial charge in [0.15, 0.2) is 17.8 Å². The molecule has 11 nitrogen and oxygen atoms in total. The molecule has 202 valence electrons. The Bertz CT molecular complexity index is 1360. The van der Waals surface area contributed by atoms with Crippen LogP contribution in [0.3, 0.4) is 0 Å². The van der Waals surface area contributed by atoms with Gasteiger partial charge in [-0.2, -0.15) is 0 Å². The van der Waals surface area contributed by atoms with Crippen molar-refractivity contribution in [2.24, 2.45) is 0 Å². The molecule has 13 heteroatoms. The molecule has 1 aromatic carbocycles. The molecule has 5 N–H and O–H groups in total. The lowest BCUT2D eigenvalue weighted by atomic mass is 10.1. The highest BCUT2D eigenvalue weighted by Gasteiger charge is 2.29. The molecule has 0 saturated heterocycles. The SMILES string of the molecule is O=C(O)[C@H](O)[C@@H](O)C(=O)O.O[C@@H](COc1cccc(-c2noc3ccsc23)c1)CN1CCc2sccc2C1. The Balaban J connectivity index is 0.000000289. The van der Waals surface area contributed by atoms with E-state index in [1.165, 1.54) is 10.4 Å². The number of aliphatic hydroxyl groups excluding tert-OH is 3. The van der Waals surface area contributed by atoms with Crippen LogP contribution in [-0.4, -0.2) is 85.5 Å². The number of aromatic nitrogens is 1. The quantitative estimate of drug-likeness (QED) is 0.202. The Morgan fingerprint density at radius 1 is 1.05 bits per heavy atom. The summed E-state index contributed by atoms with van der Waals surface area (Å²) in [5, 5.41) is 51.3. The highest BCUT2D eigenvalue weighted by Crippen LogP contribution is 2.33. The minimum absolute atomic E-state index is 0.268. The molecule has 3 atom stereocenters. The van der Waals surface area contributed by atoms with Crippen LogP contribution < -0.4 is 4.74 Å².